The summed E-state index contributed by atoms with van der Waals surface area (Å²) in [5, 5.41) is 5.84. The quantitative estimate of drug-likeness (QED) is 0.574. The maximum atomic E-state index is 11.6. The molecule has 0 spiro atoms. The number of rotatable bonds is 7. The van der Waals surface area contributed by atoms with Crippen molar-refractivity contribution in [1.29, 1.82) is 0 Å². The van der Waals surface area contributed by atoms with Crippen LogP contribution in [0.4, 0.5) is 5.69 Å². The van der Waals surface area contributed by atoms with Gasteiger partial charge in [0.25, 0.3) is 0 Å². The van der Waals surface area contributed by atoms with Gasteiger partial charge >= 0.3 is 0 Å². The van der Waals surface area contributed by atoms with Crippen LogP contribution in [0.5, 0.6) is 0 Å². The van der Waals surface area contributed by atoms with Gasteiger partial charge in [-0.2, -0.15) is 0 Å². The highest BCUT2D eigenvalue weighted by Gasteiger charge is 2.02. The highest BCUT2D eigenvalue weighted by molar-refractivity contribution is 5.96. The monoisotopic (exact) mass is 248 g/mol. The van der Waals surface area contributed by atoms with Gasteiger partial charge in [0.15, 0.2) is 5.78 Å². The smallest absolute Gasteiger partial charge is 0.238 e. The predicted octanol–water partition coefficient (Wildman–Crippen LogP) is 2.22. The van der Waals surface area contributed by atoms with E-state index in [1.54, 1.807) is 24.3 Å². The molecule has 0 aromatic heterocycles. The van der Waals surface area contributed by atoms with Crippen LogP contribution in [0.1, 0.15) is 37.0 Å². The fourth-order valence-electron chi connectivity index (χ4n) is 1.50. The number of anilines is 1. The third-order valence-electron chi connectivity index (χ3n) is 2.57. The number of amides is 1. The Hall–Kier alpha value is -1.68. The van der Waals surface area contributed by atoms with Crippen molar-refractivity contribution in [3.8, 4) is 0 Å². The van der Waals surface area contributed by atoms with E-state index < -0.39 is 0 Å². The van der Waals surface area contributed by atoms with Gasteiger partial charge in [0, 0.05) is 11.3 Å². The molecule has 4 nitrogen and oxygen atoms in total. The summed E-state index contributed by atoms with van der Waals surface area (Å²) < 4.78 is 0. The number of hydrogen-bond acceptors (Lipinski definition) is 3. The van der Waals surface area contributed by atoms with E-state index in [2.05, 4.69) is 17.6 Å². The van der Waals surface area contributed by atoms with E-state index in [1.807, 2.05) is 0 Å². The van der Waals surface area contributed by atoms with Crippen molar-refractivity contribution >= 4 is 17.4 Å². The Bertz CT molecular complexity index is 399. The van der Waals surface area contributed by atoms with Crippen molar-refractivity contribution in [3.05, 3.63) is 29.8 Å². The van der Waals surface area contributed by atoms with Gasteiger partial charge in [-0.3, -0.25) is 9.59 Å². The molecule has 98 valence electrons. The Morgan fingerprint density at radius 1 is 1.17 bits per heavy atom. The molecule has 0 saturated carbocycles. The standard InChI is InChI=1S/C14H20N2O2/c1-3-4-9-15-10-14(18)16-13-7-5-12(6-8-13)11(2)17/h5-8,15H,3-4,9-10H2,1-2H3,(H,16,18). The summed E-state index contributed by atoms with van der Waals surface area (Å²) in [4.78, 5) is 22.6. The molecule has 0 aliphatic heterocycles. The lowest BCUT2D eigenvalue weighted by molar-refractivity contribution is -0.115. The fourth-order valence-corrected chi connectivity index (χ4v) is 1.50. The zero-order valence-corrected chi connectivity index (χ0v) is 11.0. The molecule has 1 aromatic rings. The molecule has 2 N–H and O–H groups in total. The second-order valence-corrected chi connectivity index (χ2v) is 4.21. The number of Topliss-reactive ketones (excluding diaryl/α,β-unsaturated/α-hetero) is 1. The number of hydrogen-bond donors (Lipinski definition) is 2. The molecule has 4 heteroatoms. The van der Waals surface area contributed by atoms with Crippen LogP contribution < -0.4 is 10.6 Å². The van der Waals surface area contributed by atoms with Gasteiger partial charge < -0.3 is 10.6 Å². The summed E-state index contributed by atoms with van der Waals surface area (Å²) in [7, 11) is 0. The number of carbonyl (C=O) groups is 2. The highest BCUT2D eigenvalue weighted by atomic mass is 16.2. The molecule has 1 amide bonds. The third kappa shape index (κ3) is 5.10. The van der Waals surface area contributed by atoms with Gasteiger partial charge in [-0.05, 0) is 44.2 Å². The number of nitrogens with one attached hydrogen (secondary N) is 2. The third-order valence-corrected chi connectivity index (χ3v) is 2.57. The van der Waals surface area contributed by atoms with E-state index in [0.717, 1.165) is 19.4 Å². The minimum atomic E-state index is -0.0679. The van der Waals surface area contributed by atoms with Crippen molar-refractivity contribution in [2.24, 2.45) is 0 Å². The topological polar surface area (TPSA) is 58.2 Å². The van der Waals surface area contributed by atoms with Crippen molar-refractivity contribution < 1.29 is 9.59 Å². The molecular formula is C14H20N2O2. The Kier molecular flexibility index (Phi) is 6.08. The first-order chi connectivity index (χ1) is 8.63. The van der Waals surface area contributed by atoms with E-state index >= 15 is 0 Å². The minimum absolute atomic E-state index is 0.0223. The zero-order valence-electron chi connectivity index (χ0n) is 11.0. The number of benzene rings is 1. The Balaban J connectivity index is 2.37. The number of ketones is 1. The first-order valence-corrected chi connectivity index (χ1v) is 6.25. The summed E-state index contributed by atoms with van der Waals surface area (Å²) in [5.74, 6) is -0.0456. The second-order valence-electron chi connectivity index (χ2n) is 4.21. The van der Waals surface area contributed by atoms with E-state index in [4.69, 9.17) is 0 Å². The van der Waals surface area contributed by atoms with Crippen molar-refractivity contribution in [2.45, 2.75) is 26.7 Å². The Morgan fingerprint density at radius 3 is 2.39 bits per heavy atom. The summed E-state index contributed by atoms with van der Waals surface area (Å²) in [6.07, 6.45) is 2.18. The predicted molar refractivity (Wildman–Crippen MR) is 72.9 cm³/mol. The van der Waals surface area contributed by atoms with Crippen LogP contribution in [0, 0.1) is 0 Å². The lowest BCUT2D eigenvalue weighted by atomic mass is 10.1. The first-order valence-electron chi connectivity index (χ1n) is 6.25. The van der Waals surface area contributed by atoms with E-state index in [0.29, 0.717) is 17.8 Å². The summed E-state index contributed by atoms with van der Waals surface area (Å²) >= 11 is 0. The molecule has 0 bridgehead atoms. The molecule has 0 unspecified atom stereocenters. The van der Waals surface area contributed by atoms with Crippen molar-refractivity contribution in [2.75, 3.05) is 18.4 Å². The molecule has 1 rings (SSSR count). The van der Waals surface area contributed by atoms with Gasteiger partial charge in [-0.25, -0.2) is 0 Å². The summed E-state index contributed by atoms with van der Waals surface area (Å²) in [6.45, 7) is 4.80. The fraction of sp³-hybridized carbons (Fsp3) is 0.429. The normalized spacial score (nSPS) is 10.1. The van der Waals surface area contributed by atoms with Crippen LogP contribution in [0.25, 0.3) is 0 Å². The van der Waals surface area contributed by atoms with Crippen LogP contribution in [-0.2, 0) is 4.79 Å². The molecule has 0 atom stereocenters. The van der Waals surface area contributed by atoms with Gasteiger partial charge in [-0.15, -0.1) is 0 Å². The molecule has 1 aromatic carbocycles. The average molecular weight is 248 g/mol. The lowest BCUT2D eigenvalue weighted by Crippen LogP contribution is -2.28. The molecule has 0 aliphatic carbocycles. The Labute approximate surface area is 108 Å². The Morgan fingerprint density at radius 2 is 1.83 bits per heavy atom. The molecule has 0 fully saturated rings. The summed E-state index contributed by atoms with van der Waals surface area (Å²) in [5.41, 5.74) is 1.36. The second kappa shape index (κ2) is 7.61. The maximum Gasteiger partial charge on any atom is 0.238 e. The van der Waals surface area contributed by atoms with Gasteiger partial charge in [0.2, 0.25) is 5.91 Å². The SMILES string of the molecule is CCCCNCC(=O)Nc1ccc(C(C)=O)cc1. The van der Waals surface area contributed by atoms with Crippen LogP contribution in [0.15, 0.2) is 24.3 Å². The lowest BCUT2D eigenvalue weighted by Gasteiger charge is -2.06. The van der Waals surface area contributed by atoms with Crippen LogP contribution in [0.2, 0.25) is 0 Å². The molecule has 18 heavy (non-hydrogen) atoms. The molecule has 0 heterocycles. The zero-order chi connectivity index (χ0) is 13.4. The van der Waals surface area contributed by atoms with Crippen LogP contribution in [-0.4, -0.2) is 24.8 Å². The van der Waals surface area contributed by atoms with Crippen LogP contribution in [0.3, 0.4) is 0 Å². The number of carbonyl (C=O) groups excluding carboxylic acids is 2. The molecular weight excluding hydrogens is 228 g/mol. The van der Waals surface area contributed by atoms with E-state index in [-0.39, 0.29) is 11.7 Å². The van der Waals surface area contributed by atoms with E-state index in [9.17, 15) is 9.59 Å². The highest BCUT2D eigenvalue weighted by Crippen LogP contribution is 2.09. The number of unbranched alkanes of at least 4 members (excludes halogenated alkanes) is 1. The van der Waals surface area contributed by atoms with Crippen molar-refractivity contribution in [1.82, 2.24) is 5.32 Å². The van der Waals surface area contributed by atoms with E-state index in [1.165, 1.54) is 6.92 Å². The maximum absolute atomic E-state index is 11.6. The van der Waals surface area contributed by atoms with Crippen LogP contribution >= 0.6 is 0 Å². The van der Waals surface area contributed by atoms with Gasteiger partial charge in [0.1, 0.15) is 0 Å². The molecule has 0 radical (unpaired) electrons. The molecule has 0 saturated heterocycles. The summed E-state index contributed by atoms with van der Waals surface area (Å²) in [6, 6.07) is 6.90. The van der Waals surface area contributed by atoms with Gasteiger partial charge in [0.05, 0.1) is 6.54 Å². The largest absolute Gasteiger partial charge is 0.325 e. The van der Waals surface area contributed by atoms with Crippen molar-refractivity contribution in [3.63, 3.8) is 0 Å². The first kappa shape index (κ1) is 14.4. The minimum Gasteiger partial charge on any atom is -0.325 e. The average Bonchev–Trinajstić information content (AvgIpc) is 2.35. The van der Waals surface area contributed by atoms with Gasteiger partial charge in [-0.1, -0.05) is 13.3 Å². The molecule has 0 aliphatic rings.